The van der Waals surface area contributed by atoms with Crippen LogP contribution in [-0.4, -0.2) is 10.9 Å². The molecule has 0 atom stereocenters. The van der Waals surface area contributed by atoms with Crippen LogP contribution in [-0.2, 0) is 4.79 Å². The summed E-state index contributed by atoms with van der Waals surface area (Å²) >= 11 is 0. The second kappa shape index (κ2) is 6.73. The molecule has 92 valence electrons. The van der Waals surface area contributed by atoms with Crippen molar-refractivity contribution in [3.05, 3.63) is 36.0 Å². The molecule has 0 spiro atoms. The number of aromatic nitrogens is 1. The summed E-state index contributed by atoms with van der Waals surface area (Å²) in [5, 5.41) is 2.64. The Morgan fingerprint density at radius 3 is 2.94 bits per heavy atom. The fourth-order valence-electron chi connectivity index (χ4n) is 1.28. The molecular formula is C12H14F2N2O. The summed E-state index contributed by atoms with van der Waals surface area (Å²) in [6.45, 7) is 1.84. The molecule has 1 aromatic rings. The van der Waals surface area contributed by atoms with Crippen LogP contribution in [0.25, 0.3) is 0 Å². The first kappa shape index (κ1) is 13.3. The molecule has 0 saturated carbocycles. The molecule has 1 N–H and O–H groups in total. The molecular weight excluding hydrogens is 226 g/mol. The third-order valence-electron chi connectivity index (χ3n) is 2.17. The maximum atomic E-state index is 11.7. The van der Waals surface area contributed by atoms with Gasteiger partial charge in [0, 0.05) is 12.6 Å². The number of halogens is 2. The number of aryl methyl sites for hydroxylation is 1. The van der Waals surface area contributed by atoms with Crippen LogP contribution in [0.4, 0.5) is 14.6 Å². The molecule has 0 aliphatic heterocycles. The summed E-state index contributed by atoms with van der Waals surface area (Å²) < 4.78 is 23.4. The zero-order valence-corrected chi connectivity index (χ0v) is 9.54. The zero-order chi connectivity index (χ0) is 12.7. The number of pyridine rings is 1. The predicted octanol–water partition coefficient (Wildman–Crippen LogP) is 3.28. The Hall–Kier alpha value is -1.78. The Morgan fingerprint density at radius 1 is 1.53 bits per heavy atom. The molecule has 1 aromatic heterocycles. The van der Waals surface area contributed by atoms with Gasteiger partial charge in [-0.3, -0.25) is 4.79 Å². The van der Waals surface area contributed by atoms with E-state index < -0.39 is 6.08 Å². The number of carbonyl (C=O) groups excluding carboxylic acids is 1. The molecule has 3 nitrogen and oxygen atoms in total. The maximum absolute atomic E-state index is 11.7. The summed E-state index contributed by atoms with van der Waals surface area (Å²) in [7, 11) is 0. The van der Waals surface area contributed by atoms with E-state index in [-0.39, 0.29) is 18.7 Å². The fraction of sp³-hybridized carbons (Fsp3) is 0.333. The molecule has 0 aliphatic rings. The monoisotopic (exact) mass is 240 g/mol. The molecule has 0 bridgehead atoms. The van der Waals surface area contributed by atoms with E-state index in [1.165, 1.54) is 0 Å². The smallest absolute Gasteiger partial charge is 0.266 e. The predicted molar refractivity (Wildman–Crippen MR) is 61.8 cm³/mol. The Bertz CT molecular complexity index is 415. The topological polar surface area (TPSA) is 42.0 Å². The number of rotatable bonds is 5. The highest BCUT2D eigenvalue weighted by atomic mass is 19.3. The average molecular weight is 240 g/mol. The number of carbonyl (C=O) groups is 1. The van der Waals surface area contributed by atoms with E-state index >= 15 is 0 Å². The number of allylic oxidation sites excluding steroid dienone is 1. The van der Waals surface area contributed by atoms with Crippen LogP contribution < -0.4 is 5.32 Å². The molecule has 17 heavy (non-hydrogen) atoms. The third-order valence-corrected chi connectivity index (χ3v) is 2.17. The van der Waals surface area contributed by atoms with Gasteiger partial charge in [0.25, 0.3) is 6.08 Å². The summed E-state index contributed by atoms with van der Waals surface area (Å²) in [5.74, 6) is 0.309. The minimum absolute atomic E-state index is 0.205. The molecule has 0 radical (unpaired) electrons. The van der Waals surface area contributed by atoms with Crippen LogP contribution in [0.5, 0.6) is 0 Å². The van der Waals surface area contributed by atoms with Gasteiger partial charge in [0.2, 0.25) is 5.91 Å². The van der Waals surface area contributed by atoms with Crippen molar-refractivity contribution < 1.29 is 13.6 Å². The van der Waals surface area contributed by atoms with Gasteiger partial charge in [0.05, 0.1) is 0 Å². The van der Waals surface area contributed by atoms with Gasteiger partial charge in [-0.25, -0.2) is 4.98 Å². The highest BCUT2D eigenvalue weighted by Crippen LogP contribution is 2.10. The SMILES string of the molecule is Cc1cccnc1NC(=O)CCCC=C(F)F. The molecule has 1 amide bonds. The second-order valence-corrected chi connectivity index (χ2v) is 3.60. The van der Waals surface area contributed by atoms with Gasteiger partial charge in [-0.15, -0.1) is 0 Å². The highest BCUT2D eigenvalue weighted by molar-refractivity contribution is 5.90. The molecule has 1 rings (SSSR count). The first-order valence-electron chi connectivity index (χ1n) is 5.32. The van der Waals surface area contributed by atoms with Gasteiger partial charge in [0.15, 0.2) is 0 Å². The molecule has 1 heterocycles. The lowest BCUT2D eigenvalue weighted by Gasteiger charge is -2.05. The minimum atomic E-state index is -1.70. The zero-order valence-electron chi connectivity index (χ0n) is 9.54. The lowest BCUT2D eigenvalue weighted by atomic mass is 10.2. The number of hydrogen-bond donors (Lipinski definition) is 1. The van der Waals surface area contributed by atoms with Crippen molar-refractivity contribution in [2.75, 3.05) is 5.32 Å². The second-order valence-electron chi connectivity index (χ2n) is 3.60. The normalized spacial score (nSPS) is 9.82. The first-order valence-corrected chi connectivity index (χ1v) is 5.32. The highest BCUT2D eigenvalue weighted by Gasteiger charge is 2.04. The van der Waals surface area contributed by atoms with Gasteiger partial charge < -0.3 is 5.32 Å². The van der Waals surface area contributed by atoms with Crippen LogP contribution in [0.3, 0.4) is 0 Å². The quantitative estimate of drug-likeness (QED) is 0.802. The van der Waals surface area contributed by atoms with E-state index in [1.807, 2.05) is 13.0 Å². The standard InChI is InChI=1S/C12H14F2N2O/c1-9-5-4-8-15-12(9)16-11(17)7-3-2-6-10(13)14/h4-6,8H,2-3,7H2,1H3,(H,15,16,17). The van der Waals surface area contributed by atoms with E-state index in [0.717, 1.165) is 11.6 Å². The van der Waals surface area contributed by atoms with Crippen molar-refractivity contribution in [3.63, 3.8) is 0 Å². The summed E-state index contributed by atoms with van der Waals surface area (Å²) in [5.41, 5.74) is 0.871. The van der Waals surface area contributed by atoms with Crippen molar-refractivity contribution in [1.82, 2.24) is 4.98 Å². The summed E-state index contributed by atoms with van der Waals surface area (Å²) in [6.07, 6.45) is 1.51. The Morgan fingerprint density at radius 2 is 2.29 bits per heavy atom. The number of unbranched alkanes of at least 4 members (excludes halogenated alkanes) is 1. The van der Waals surface area contributed by atoms with Crippen molar-refractivity contribution in [3.8, 4) is 0 Å². The molecule has 0 saturated heterocycles. The van der Waals surface area contributed by atoms with E-state index in [9.17, 15) is 13.6 Å². The lowest BCUT2D eigenvalue weighted by molar-refractivity contribution is -0.116. The molecule has 0 aliphatic carbocycles. The third kappa shape index (κ3) is 5.19. The number of hydrogen-bond acceptors (Lipinski definition) is 2. The van der Waals surface area contributed by atoms with Crippen molar-refractivity contribution in [2.24, 2.45) is 0 Å². The van der Waals surface area contributed by atoms with E-state index in [0.29, 0.717) is 12.2 Å². The number of amides is 1. The van der Waals surface area contributed by atoms with Crippen LogP contribution in [0.15, 0.2) is 30.5 Å². The van der Waals surface area contributed by atoms with Crippen molar-refractivity contribution in [2.45, 2.75) is 26.2 Å². The number of nitrogens with one attached hydrogen (secondary N) is 1. The van der Waals surface area contributed by atoms with Crippen molar-refractivity contribution >= 4 is 11.7 Å². The van der Waals surface area contributed by atoms with Gasteiger partial charge in [-0.05, 0) is 37.5 Å². The largest absolute Gasteiger partial charge is 0.310 e. The van der Waals surface area contributed by atoms with Gasteiger partial charge >= 0.3 is 0 Å². The Labute approximate surface area is 98.6 Å². The van der Waals surface area contributed by atoms with E-state index in [2.05, 4.69) is 10.3 Å². The number of nitrogens with zero attached hydrogens (tertiary/aromatic N) is 1. The maximum Gasteiger partial charge on any atom is 0.266 e. The molecule has 5 heteroatoms. The van der Waals surface area contributed by atoms with E-state index in [1.54, 1.807) is 12.3 Å². The van der Waals surface area contributed by atoms with Crippen molar-refractivity contribution in [1.29, 1.82) is 0 Å². The van der Waals surface area contributed by atoms with Crippen LogP contribution >= 0.6 is 0 Å². The summed E-state index contributed by atoms with van der Waals surface area (Å²) in [6, 6.07) is 3.61. The Balaban J connectivity index is 2.35. The van der Waals surface area contributed by atoms with Crippen LogP contribution in [0, 0.1) is 6.92 Å². The first-order chi connectivity index (χ1) is 8.09. The Kier molecular flexibility index (Phi) is 5.26. The van der Waals surface area contributed by atoms with Gasteiger partial charge in [-0.1, -0.05) is 6.07 Å². The average Bonchev–Trinajstić information content (AvgIpc) is 2.27. The van der Waals surface area contributed by atoms with E-state index in [4.69, 9.17) is 0 Å². The van der Waals surface area contributed by atoms with Crippen LogP contribution in [0.1, 0.15) is 24.8 Å². The lowest BCUT2D eigenvalue weighted by Crippen LogP contribution is -2.13. The fourth-order valence-corrected chi connectivity index (χ4v) is 1.28. The van der Waals surface area contributed by atoms with Crippen LogP contribution in [0.2, 0.25) is 0 Å². The molecule has 0 aromatic carbocycles. The minimum Gasteiger partial charge on any atom is -0.310 e. The molecule has 0 unspecified atom stereocenters. The van der Waals surface area contributed by atoms with Gasteiger partial charge in [0.1, 0.15) is 5.82 Å². The number of anilines is 1. The van der Waals surface area contributed by atoms with Gasteiger partial charge in [-0.2, -0.15) is 8.78 Å². The summed E-state index contributed by atoms with van der Waals surface area (Å²) in [4.78, 5) is 15.5. The molecule has 0 fully saturated rings.